The van der Waals surface area contributed by atoms with Gasteiger partial charge < -0.3 is 11.1 Å². The maximum absolute atomic E-state index is 11.2. The van der Waals surface area contributed by atoms with Crippen LogP contribution in [0.2, 0.25) is 0 Å². The summed E-state index contributed by atoms with van der Waals surface area (Å²) < 4.78 is 0. The van der Waals surface area contributed by atoms with Crippen LogP contribution in [0.25, 0.3) is 0 Å². The number of nitrogens with zero attached hydrogens (tertiary/aromatic N) is 1. The predicted octanol–water partition coefficient (Wildman–Crippen LogP) is 0.537. The Bertz CT molecular complexity index is 389. The van der Waals surface area contributed by atoms with E-state index in [4.69, 9.17) is 5.73 Å². The molecule has 0 fully saturated rings. The maximum atomic E-state index is 11.2. The first-order valence-electron chi connectivity index (χ1n) is 3.82. The van der Waals surface area contributed by atoms with E-state index < -0.39 is 10.8 Å². The van der Waals surface area contributed by atoms with Gasteiger partial charge in [0.25, 0.3) is 11.6 Å². The minimum Gasteiger partial charge on any atom is -0.398 e. The van der Waals surface area contributed by atoms with E-state index in [1.165, 1.54) is 19.2 Å². The molecule has 6 heteroatoms. The summed E-state index contributed by atoms with van der Waals surface area (Å²) in [4.78, 5) is 21.0. The zero-order valence-electron chi connectivity index (χ0n) is 7.48. The van der Waals surface area contributed by atoms with Gasteiger partial charge in [0.15, 0.2) is 0 Å². The number of hydrogen-bond donors (Lipinski definition) is 2. The van der Waals surface area contributed by atoms with Gasteiger partial charge in [0.2, 0.25) is 0 Å². The number of nitrogens with two attached hydrogens (primary N) is 1. The number of carbonyl (C=O) groups excluding carboxylic acids is 1. The fourth-order valence-electron chi connectivity index (χ4n) is 0.989. The van der Waals surface area contributed by atoms with Gasteiger partial charge in [-0.25, -0.2) is 0 Å². The van der Waals surface area contributed by atoms with Crippen molar-refractivity contribution >= 4 is 17.3 Å². The van der Waals surface area contributed by atoms with Crippen LogP contribution in [-0.4, -0.2) is 17.9 Å². The van der Waals surface area contributed by atoms with E-state index in [0.29, 0.717) is 0 Å². The smallest absolute Gasteiger partial charge is 0.270 e. The van der Waals surface area contributed by atoms with Crippen molar-refractivity contribution in [3.8, 4) is 0 Å². The van der Waals surface area contributed by atoms with Gasteiger partial charge in [0.1, 0.15) is 0 Å². The molecular formula is C8H9N3O3. The van der Waals surface area contributed by atoms with E-state index in [2.05, 4.69) is 5.32 Å². The molecule has 0 saturated carbocycles. The number of benzene rings is 1. The molecule has 1 amide bonds. The third-order valence-electron chi connectivity index (χ3n) is 1.72. The van der Waals surface area contributed by atoms with Crippen molar-refractivity contribution in [2.24, 2.45) is 0 Å². The van der Waals surface area contributed by atoms with E-state index in [0.717, 1.165) is 6.07 Å². The van der Waals surface area contributed by atoms with Crippen molar-refractivity contribution in [1.29, 1.82) is 0 Å². The van der Waals surface area contributed by atoms with Crippen molar-refractivity contribution in [2.75, 3.05) is 12.8 Å². The van der Waals surface area contributed by atoms with Crippen LogP contribution in [0, 0.1) is 10.1 Å². The van der Waals surface area contributed by atoms with Gasteiger partial charge in [0.05, 0.1) is 10.5 Å². The number of carbonyl (C=O) groups is 1. The number of nitrogen functional groups attached to an aromatic ring is 1. The molecule has 0 aliphatic carbocycles. The molecule has 0 spiro atoms. The average molecular weight is 195 g/mol. The minimum absolute atomic E-state index is 0.113. The number of amides is 1. The SMILES string of the molecule is CNC(=O)c1cc([N+](=O)[O-])ccc1N. The fourth-order valence-corrected chi connectivity index (χ4v) is 0.989. The van der Waals surface area contributed by atoms with Crippen molar-refractivity contribution in [2.45, 2.75) is 0 Å². The third-order valence-corrected chi connectivity index (χ3v) is 1.72. The van der Waals surface area contributed by atoms with Crippen molar-refractivity contribution in [3.05, 3.63) is 33.9 Å². The van der Waals surface area contributed by atoms with Crippen LogP contribution in [-0.2, 0) is 0 Å². The number of nitro benzene ring substituents is 1. The Morgan fingerprint density at radius 3 is 2.71 bits per heavy atom. The normalized spacial score (nSPS) is 9.50. The Labute approximate surface area is 79.9 Å². The van der Waals surface area contributed by atoms with Gasteiger partial charge in [-0.2, -0.15) is 0 Å². The molecular weight excluding hydrogens is 186 g/mol. The van der Waals surface area contributed by atoms with Crippen molar-refractivity contribution in [1.82, 2.24) is 5.32 Å². The highest BCUT2D eigenvalue weighted by atomic mass is 16.6. The predicted molar refractivity (Wildman–Crippen MR) is 50.9 cm³/mol. The topological polar surface area (TPSA) is 98.3 Å². The molecule has 0 bridgehead atoms. The summed E-state index contributed by atoms with van der Waals surface area (Å²) in [5.74, 6) is -0.439. The molecule has 0 aromatic heterocycles. The molecule has 0 atom stereocenters. The highest BCUT2D eigenvalue weighted by molar-refractivity contribution is 5.99. The Kier molecular flexibility index (Phi) is 2.66. The molecule has 0 saturated heterocycles. The number of hydrogen-bond acceptors (Lipinski definition) is 4. The summed E-state index contributed by atoms with van der Waals surface area (Å²) in [6.07, 6.45) is 0. The summed E-state index contributed by atoms with van der Waals surface area (Å²) >= 11 is 0. The van der Waals surface area contributed by atoms with Crippen LogP contribution in [0.4, 0.5) is 11.4 Å². The second-order valence-electron chi connectivity index (χ2n) is 2.61. The van der Waals surface area contributed by atoms with E-state index in [1.54, 1.807) is 0 Å². The lowest BCUT2D eigenvalue weighted by Crippen LogP contribution is -2.19. The van der Waals surface area contributed by atoms with Crippen LogP contribution in [0.5, 0.6) is 0 Å². The molecule has 6 nitrogen and oxygen atoms in total. The first-order valence-corrected chi connectivity index (χ1v) is 3.82. The Morgan fingerprint density at radius 1 is 1.57 bits per heavy atom. The molecule has 1 aromatic rings. The van der Waals surface area contributed by atoms with E-state index in [-0.39, 0.29) is 16.9 Å². The third kappa shape index (κ3) is 1.79. The van der Waals surface area contributed by atoms with Crippen LogP contribution in [0.3, 0.4) is 0 Å². The molecule has 0 heterocycles. The van der Waals surface area contributed by atoms with Gasteiger partial charge in [-0.3, -0.25) is 14.9 Å². The second kappa shape index (κ2) is 3.73. The van der Waals surface area contributed by atoms with E-state index in [9.17, 15) is 14.9 Å². The number of nitrogens with one attached hydrogen (secondary N) is 1. The Morgan fingerprint density at radius 2 is 2.21 bits per heavy atom. The molecule has 0 aliphatic rings. The molecule has 0 radical (unpaired) electrons. The Hall–Kier alpha value is -2.11. The Balaban J connectivity index is 3.21. The lowest BCUT2D eigenvalue weighted by Gasteiger charge is -2.02. The maximum Gasteiger partial charge on any atom is 0.270 e. The van der Waals surface area contributed by atoms with Gasteiger partial charge in [-0.05, 0) is 6.07 Å². The summed E-state index contributed by atoms with van der Waals surface area (Å²) in [5.41, 5.74) is 5.66. The number of nitro groups is 1. The van der Waals surface area contributed by atoms with E-state index >= 15 is 0 Å². The highest BCUT2D eigenvalue weighted by Crippen LogP contribution is 2.19. The first-order chi connectivity index (χ1) is 6.56. The molecule has 14 heavy (non-hydrogen) atoms. The number of rotatable bonds is 2. The van der Waals surface area contributed by atoms with E-state index in [1.807, 2.05) is 0 Å². The zero-order valence-corrected chi connectivity index (χ0v) is 7.48. The lowest BCUT2D eigenvalue weighted by atomic mass is 10.1. The summed E-state index contributed by atoms with van der Waals surface area (Å²) in [7, 11) is 1.43. The molecule has 1 aromatic carbocycles. The number of non-ortho nitro benzene ring substituents is 1. The van der Waals surface area contributed by atoms with Crippen LogP contribution in [0.15, 0.2) is 18.2 Å². The number of anilines is 1. The van der Waals surface area contributed by atoms with Gasteiger partial charge in [0, 0.05) is 24.9 Å². The average Bonchev–Trinajstić information content (AvgIpc) is 2.17. The second-order valence-corrected chi connectivity index (χ2v) is 2.61. The van der Waals surface area contributed by atoms with Gasteiger partial charge in [-0.1, -0.05) is 0 Å². The molecule has 3 N–H and O–H groups in total. The van der Waals surface area contributed by atoms with Crippen LogP contribution < -0.4 is 11.1 Å². The highest BCUT2D eigenvalue weighted by Gasteiger charge is 2.13. The van der Waals surface area contributed by atoms with Gasteiger partial charge >= 0.3 is 0 Å². The fraction of sp³-hybridized carbons (Fsp3) is 0.125. The minimum atomic E-state index is -0.578. The first kappa shape index (κ1) is 9.97. The molecule has 74 valence electrons. The molecule has 1 rings (SSSR count). The summed E-state index contributed by atoms with van der Waals surface area (Å²) in [5, 5.41) is 12.8. The van der Waals surface area contributed by atoms with Crippen molar-refractivity contribution < 1.29 is 9.72 Å². The standard InChI is InChI=1S/C8H9N3O3/c1-10-8(12)6-4-5(11(13)14)2-3-7(6)9/h2-4H,9H2,1H3,(H,10,12). The molecule has 0 unspecified atom stereocenters. The lowest BCUT2D eigenvalue weighted by molar-refractivity contribution is -0.384. The summed E-state index contributed by atoms with van der Waals surface area (Å²) in [6, 6.07) is 3.73. The largest absolute Gasteiger partial charge is 0.398 e. The summed E-state index contributed by atoms with van der Waals surface area (Å²) in [6.45, 7) is 0. The zero-order chi connectivity index (χ0) is 10.7. The molecule has 0 aliphatic heterocycles. The van der Waals surface area contributed by atoms with Crippen molar-refractivity contribution in [3.63, 3.8) is 0 Å². The van der Waals surface area contributed by atoms with Crippen LogP contribution >= 0.6 is 0 Å². The quantitative estimate of drug-likeness (QED) is 0.408. The van der Waals surface area contributed by atoms with Gasteiger partial charge in [-0.15, -0.1) is 0 Å². The monoisotopic (exact) mass is 195 g/mol. The van der Waals surface area contributed by atoms with Crippen LogP contribution in [0.1, 0.15) is 10.4 Å².